The van der Waals surface area contributed by atoms with Gasteiger partial charge in [0.1, 0.15) is 11.4 Å². The number of benzene rings is 3. The van der Waals surface area contributed by atoms with E-state index in [4.69, 9.17) is 0 Å². The molecule has 2 amide bonds. The van der Waals surface area contributed by atoms with E-state index >= 15 is 0 Å². The fraction of sp³-hybridized carbons (Fsp3) is 0. The van der Waals surface area contributed by atoms with Crippen LogP contribution in [0.2, 0.25) is 0 Å². The van der Waals surface area contributed by atoms with Crippen LogP contribution in [-0.4, -0.2) is 15.6 Å². The number of fused-ring (bicyclic) bond motifs is 1. The fourth-order valence-corrected chi connectivity index (χ4v) is 3.69. The lowest BCUT2D eigenvalue weighted by molar-refractivity contribution is 0.262. The first-order valence-corrected chi connectivity index (χ1v) is 10.1. The number of pyridine rings is 1. The normalized spacial score (nSPS) is 11.6. The first-order valence-electron chi connectivity index (χ1n) is 8.93. The Morgan fingerprint density at radius 1 is 0.759 bits per heavy atom. The van der Waals surface area contributed by atoms with E-state index in [1.807, 2.05) is 42.5 Å². The van der Waals surface area contributed by atoms with Crippen molar-refractivity contribution in [2.45, 2.75) is 4.90 Å². The molecule has 3 N–H and O–H groups in total. The van der Waals surface area contributed by atoms with Crippen molar-refractivity contribution < 1.29 is 9.35 Å². The summed E-state index contributed by atoms with van der Waals surface area (Å²) in [7, 11) is 0. The van der Waals surface area contributed by atoms with Crippen LogP contribution in [0.5, 0.6) is 0 Å². The third-order valence-electron chi connectivity index (χ3n) is 4.23. The molecular formula is C22H18N4O2S. The zero-order valence-corrected chi connectivity index (χ0v) is 16.1. The molecule has 0 spiro atoms. The Bertz CT molecular complexity index is 1120. The number of carbonyl (C=O) groups excluding carboxylic acids is 1. The fourth-order valence-electron chi connectivity index (χ4n) is 2.80. The highest BCUT2D eigenvalue weighted by molar-refractivity contribution is 7.92. The Morgan fingerprint density at radius 3 is 2.10 bits per heavy atom. The van der Waals surface area contributed by atoms with Gasteiger partial charge in [0.25, 0.3) is 0 Å². The van der Waals surface area contributed by atoms with Crippen LogP contribution < -0.4 is 15.4 Å². The number of rotatable bonds is 5. The van der Waals surface area contributed by atoms with Crippen LogP contribution in [0.3, 0.4) is 0 Å². The maximum Gasteiger partial charge on any atom is 0.323 e. The summed E-state index contributed by atoms with van der Waals surface area (Å²) in [4.78, 5) is 16.6. The molecule has 7 heteroatoms. The van der Waals surface area contributed by atoms with Gasteiger partial charge < -0.3 is 15.2 Å². The summed E-state index contributed by atoms with van der Waals surface area (Å²) in [6.07, 6.45) is 3.21. The van der Waals surface area contributed by atoms with E-state index in [9.17, 15) is 9.35 Å². The molecule has 144 valence electrons. The number of amides is 2. The molecule has 0 radical (unpaired) electrons. The molecule has 4 rings (SSSR count). The molecule has 29 heavy (non-hydrogen) atoms. The number of urea groups is 1. The van der Waals surface area contributed by atoms with Crippen LogP contribution in [0, 0.1) is 0 Å². The molecule has 0 bridgehead atoms. The van der Waals surface area contributed by atoms with Gasteiger partial charge in [0.15, 0.2) is 4.90 Å². The van der Waals surface area contributed by atoms with Gasteiger partial charge in [0, 0.05) is 29.8 Å². The zero-order valence-electron chi connectivity index (χ0n) is 15.3. The summed E-state index contributed by atoms with van der Waals surface area (Å²) in [5.41, 5.74) is 1.97. The van der Waals surface area contributed by atoms with E-state index in [1.54, 1.807) is 48.8 Å². The minimum absolute atomic E-state index is 0.350. The van der Waals surface area contributed by atoms with Crippen LogP contribution >= 0.6 is 0 Å². The lowest BCUT2D eigenvalue weighted by Crippen LogP contribution is -2.19. The van der Waals surface area contributed by atoms with E-state index < -0.39 is 11.4 Å². The number of hydrogen-bond acceptors (Lipinski definition) is 4. The molecule has 0 fully saturated rings. The first kappa shape index (κ1) is 18.8. The van der Waals surface area contributed by atoms with Crippen LogP contribution in [0.25, 0.3) is 10.8 Å². The Hall–Kier alpha value is -3.55. The Morgan fingerprint density at radius 2 is 1.38 bits per heavy atom. The second-order valence-electron chi connectivity index (χ2n) is 6.27. The second kappa shape index (κ2) is 8.64. The predicted molar refractivity (Wildman–Crippen MR) is 117 cm³/mol. The Balaban J connectivity index is 1.37. The lowest BCUT2D eigenvalue weighted by atomic mass is 10.1. The monoisotopic (exact) mass is 402 g/mol. The second-order valence-corrected chi connectivity index (χ2v) is 7.49. The molecule has 4 aromatic rings. The Kier molecular flexibility index (Phi) is 5.60. The van der Waals surface area contributed by atoms with Crippen molar-refractivity contribution >= 4 is 45.2 Å². The van der Waals surface area contributed by atoms with Gasteiger partial charge in [-0.15, -0.1) is 0 Å². The molecule has 1 heterocycles. The highest BCUT2D eigenvalue weighted by Gasteiger charge is 2.12. The van der Waals surface area contributed by atoms with E-state index in [1.165, 1.54) is 0 Å². The number of nitrogens with one attached hydrogen (secondary N) is 3. The average molecular weight is 402 g/mol. The molecule has 0 aliphatic carbocycles. The maximum atomic E-state index is 12.6. The van der Waals surface area contributed by atoms with Gasteiger partial charge >= 0.3 is 6.03 Å². The van der Waals surface area contributed by atoms with Crippen molar-refractivity contribution in [3.05, 3.63) is 91.3 Å². The van der Waals surface area contributed by atoms with E-state index in [0.717, 1.165) is 10.8 Å². The summed E-state index contributed by atoms with van der Waals surface area (Å²) < 4.78 is 15.6. The van der Waals surface area contributed by atoms with Crippen LogP contribution in [0.4, 0.5) is 21.9 Å². The van der Waals surface area contributed by atoms with Gasteiger partial charge in [-0.2, -0.15) is 0 Å². The predicted octanol–water partition coefficient (Wildman–Crippen LogP) is 5.01. The highest BCUT2D eigenvalue weighted by atomic mass is 32.2. The van der Waals surface area contributed by atoms with Gasteiger partial charge in [-0.3, -0.25) is 4.98 Å². The maximum absolute atomic E-state index is 12.6. The third kappa shape index (κ3) is 4.84. The number of hydrogen-bond donors (Lipinski definition) is 3. The molecule has 6 nitrogen and oxygen atoms in total. The minimum Gasteiger partial charge on any atom is -0.588 e. The SMILES string of the molecule is O=C(Nc1ccncc1)Nc1ccc(N[S+]([O-])c2ccc3ccccc3c2)cc1. The summed E-state index contributed by atoms with van der Waals surface area (Å²) in [5, 5.41) is 7.61. The molecule has 1 aromatic heterocycles. The number of anilines is 3. The molecule has 1 atom stereocenters. The number of carbonyl (C=O) groups is 1. The smallest absolute Gasteiger partial charge is 0.323 e. The van der Waals surface area contributed by atoms with Gasteiger partial charge in [0.2, 0.25) is 0 Å². The summed E-state index contributed by atoms with van der Waals surface area (Å²) in [6.45, 7) is 0. The van der Waals surface area contributed by atoms with E-state index in [2.05, 4.69) is 20.3 Å². The van der Waals surface area contributed by atoms with E-state index in [-0.39, 0.29) is 6.03 Å². The van der Waals surface area contributed by atoms with E-state index in [0.29, 0.717) is 22.0 Å². The first-order chi connectivity index (χ1) is 14.2. The standard InChI is InChI=1S/C22H18N4O2S/c27-22(25-19-11-13-23-14-12-19)24-18-6-8-20(9-7-18)26-29(28)21-10-5-16-3-1-2-4-17(16)15-21/h1-15,26H,(H2,23,24,25,27). The Labute approximate surface area is 171 Å². The van der Waals surface area contributed by atoms with Crippen molar-refractivity contribution in [3.63, 3.8) is 0 Å². The largest absolute Gasteiger partial charge is 0.588 e. The van der Waals surface area contributed by atoms with Crippen LogP contribution in [-0.2, 0) is 11.4 Å². The van der Waals surface area contributed by atoms with Crippen molar-refractivity contribution in [3.8, 4) is 0 Å². The van der Waals surface area contributed by atoms with Crippen molar-refractivity contribution in [2.75, 3.05) is 15.4 Å². The lowest BCUT2D eigenvalue weighted by Gasteiger charge is -2.13. The average Bonchev–Trinajstić information content (AvgIpc) is 2.75. The van der Waals surface area contributed by atoms with Crippen molar-refractivity contribution in [1.82, 2.24) is 4.98 Å². The summed E-state index contributed by atoms with van der Waals surface area (Å²) >= 11 is -1.39. The molecule has 3 aromatic carbocycles. The molecule has 0 aliphatic rings. The zero-order chi connectivity index (χ0) is 20.1. The summed E-state index contributed by atoms with van der Waals surface area (Å²) in [6, 6.07) is 23.7. The minimum atomic E-state index is -1.39. The summed E-state index contributed by atoms with van der Waals surface area (Å²) in [5.74, 6) is 0. The molecule has 0 saturated heterocycles. The molecular weight excluding hydrogens is 384 g/mol. The number of nitrogens with zero attached hydrogens (tertiary/aromatic N) is 1. The molecule has 0 saturated carbocycles. The van der Waals surface area contributed by atoms with Crippen molar-refractivity contribution in [2.24, 2.45) is 0 Å². The van der Waals surface area contributed by atoms with Crippen LogP contribution in [0.1, 0.15) is 0 Å². The number of aromatic nitrogens is 1. The highest BCUT2D eigenvalue weighted by Crippen LogP contribution is 2.22. The van der Waals surface area contributed by atoms with Gasteiger partial charge in [-0.1, -0.05) is 24.3 Å². The quantitative estimate of drug-likeness (QED) is 0.409. The van der Waals surface area contributed by atoms with Crippen LogP contribution in [0.15, 0.2) is 96.2 Å². The third-order valence-corrected chi connectivity index (χ3v) is 5.33. The molecule has 0 aliphatic heterocycles. The topological polar surface area (TPSA) is 89.1 Å². The van der Waals surface area contributed by atoms with Gasteiger partial charge in [0.05, 0.1) is 5.69 Å². The van der Waals surface area contributed by atoms with Gasteiger partial charge in [-0.05, 0) is 59.3 Å². The molecule has 1 unspecified atom stereocenters. The van der Waals surface area contributed by atoms with Crippen molar-refractivity contribution in [1.29, 1.82) is 0 Å². The van der Waals surface area contributed by atoms with Gasteiger partial charge in [-0.25, -0.2) is 9.52 Å².